The van der Waals surface area contributed by atoms with Crippen molar-refractivity contribution in [3.05, 3.63) is 23.0 Å². The first-order valence-corrected chi connectivity index (χ1v) is 6.06. The van der Waals surface area contributed by atoms with Crippen molar-refractivity contribution in [2.45, 2.75) is 20.4 Å². The Balaban J connectivity index is 2.37. The maximum Gasteiger partial charge on any atom is 0.357 e. The van der Waals surface area contributed by atoms with Crippen LogP contribution in [0, 0.1) is 6.92 Å². The average Bonchev–Trinajstić information content (AvgIpc) is 2.94. The van der Waals surface area contributed by atoms with Gasteiger partial charge < -0.3 is 4.74 Å². The Bertz CT molecular complexity index is 545. The summed E-state index contributed by atoms with van der Waals surface area (Å²) >= 11 is 1.47. The first-order chi connectivity index (χ1) is 8.15. The van der Waals surface area contributed by atoms with Gasteiger partial charge in [0.1, 0.15) is 5.01 Å². The predicted molar refractivity (Wildman–Crippen MR) is 65.1 cm³/mol. The molecule has 0 aromatic carbocycles. The molecule has 2 aromatic heterocycles. The van der Waals surface area contributed by atoms with Crippen molar-refractivity contribution in [3.8, 4) is 10.6 Å². The molecule has 0 aliphatic rings. The summed E-state index contributed by atoms with van der Waals surface area (Å²) in [5.74, 6) is -0.395. The third-order valence-corrected chi connectivity index (χ3v) is 3.40. The van der Waals surface area contributed by atoms with E-state index < -0.39 is 5.97 Å². The molecule has 0 fully saturated rings. The molecule has 0 atom stereocenters. The Kier molecular flexibility index (Phi) is 3.23. The number of esters is 1. The lowest BCUT2D eigenvalue weighted by Crippen LogP contribution is -2.03. The molecule has 0 bridgehead atoms. The van der Waals surface area contributed by atoms with Gasteiger partial charge in [0.25, 0.3) is 0 Å². The second-order valence-corrected chi connectivity index (χ2v) is 4.70. The summed E-state index contributed by atoms with van der Waals surface area (Å²) in [4.78, 5) is 16.6. The summed E-state index contributed by atoms with van der Waals surface area (Å²) < 4.78 is 6.50. The lowest BCUT2D eigenvalue weighted by Gasteiger charge is -1.93. The van der Waals surface area contributed by atoms with Gasteiger partial charge >= 0.3 is 5.97 Å². The molecule has 17 heavy (non-hydrogen) atoms. The SMILES string of the molecule is CCn1cc(-c2nc(C(=O)OC)c(C)s2)cn1. The van der Waals surface area contributed by atoms with Gasteiger partial charge in [-0.25, -0.2) is 9.78 Å². The first-order valence-electron chi connectivity index (χ1n) is 5.24. The maximum absolute atomic E-state index is 11.4. The third kappa shape index (κ3) is 2.21. The number of aryl methyl sites for hydroxylation is 2. The Morgan fingerprint density at radius 3 is 2.94 bits per heavy atom. The molecule has 90 valence electrons. The van der Waals surface area contributed by atoms with Gasteiger partial charge in [-0.3, -0.25) is 4.68 Å². The topological polar surface area (TPSA) is 57.0 Å². The van der Waals surface area contributed by atoms with E-state index in [1.165, 1.54) is 18.4 Å². The van der Waals surface area contributed by atoms with Crippen molar-refractivity contribution in [1.29, 1.82) is 0 Å². The molecule has 0 amide bonds. The van der Waals surface area contributed by atoms with Gasteiger partial charge in [-0.15, -0.1) is 11.3 Å². The van der Waals surface area contributed by atoms with Gasteiger partial charge in [0.05, 0.1) is 13.3 Å². The minimum absolute atomic E-state index is 0.386. The molecule has 2 rings (SSSR count). The van der Waals surface area contributed by atoms with Crippen molar-refractivity contribution >= 4 is 17.3 Å². The third-order valence-electron chi connectivity index (χ3n) is 2.38. The molecule has 0 saturated carbocycles. The molecule has 2 aromatic rings. The minimum atomic E-state index is -0.395. The van der Waals surface area contributed by atoms with Crippen LogP contribution in [0.25, 0.3) is 10.6 Å². The van der Waals surface area contributed by atoms with E-state index in [1.807, 2.05) is 24.7 Å². The summed E-state index contributed by atoms with van der Waals surface area (Å²) in [6, 6.07) is 0. The van der Waals surface area contributed by atoms with Crippen molar-refractivity contribution in [2.75, 3.05) is 7.11 Å². The largest absolute Gasteiger partial charge is 0.464 e. The van der Waals surface area contributed by atoms with Crippen LogP contribution >= 0.6 is 11.3 Å². The van der Waals surface area contributed by atoms with E-state index in [0.29, 0.717) is 5.69 Å². The molecule has 6 heteroatoms. The summed E-state index contributed by atoms with van der Waals surface area (Å²) in [6.07, 6.45) is 3.67. The Morgan fingerprint density at radius 2 is 2.35 bits per heavy atom. The maximum atomic E-state index is 11.4. The van der Waals surface area contributed by atoms with E-state index in [0.717, 1.165) is 22.0 Å². The van der Waals surface area contributed by atoms with Crippen molar-refractivity contribution in [1.82, 2.24) is 14.8 Å². The number of methoxy groups -OCH3 is 1. The fraction of sp³-hybridized carbons (Fsp3) is 0.364. The second kappa shape index (κ2) is 4.67. The lowest BCUT2D eigenvalue weighted by molar-refractivity contribution is 0.0594. The van der Waals surface area contributed by atoms with Crippen molar-refractivity contribution in [3.63, 3.8) is 0 Å². The molecule has 5 nitrogen and oxygen atoms in total. The lowest BCUT2D eigenvalue weighted by atomic mass is 10.3. The van der Waals surface area contributed by atoms with Crippen LogP contribution in [0.15, 0.2) is 12.4 Å². The number of carbonyl (C=O) groups excluding carboxylic acids is 1. The molecular formula is C11H13N3O2S. The Morgan fingerprint density at radius 1 is 1.59 bits per heavy atom. The van der Waals surface area contributed by atoms with Crippen LogP contribution in [-0.4, -0.2) is 27.8 Å². The monoisotopic (exact) mass is 251 g/mol. The summed E-state index contributed by atoms with van der Waals surface area (Å²) in [5, 5.41) is 4.98. The average molecular weight is 251 g/mol. The standard InChI is InChI=1S/C11H13N3O2S/c1-4-14-6-8(5-12-14)10-13-9(7(2)17-10)11(15)16-3/h5-6H,4H2,1-3H3. The highest BCUT2D eigenvalue weighted by molar-refractivity contribution is 7.15. The van der Waals surface area contributed by atoms with Gasteiger partial charge in [0, 0.05) is 23.2 Å². The normalized spacial score (nSPS) is 10.5. The van der Waals surface area contributed by atoms with Crippen LogP contribution in [0.3, 0.4) is 0 Å². The Labute approximate surface area is 103 Å². The Hall–Kier alpha value is -1.69. The zero-order chi connectivity index (χ0) is 12.4. The zero-order valence-electron chi connectivity index (χ0n) is 9.93. The number of carbonyl (C=O) groups is 1. The minimum Gasteiger partial charge on any atom is -0.464 e. The highest BCUT2D eigenvalue weighted by Gasteiger charge is 2.17. The van der Waals surface area contributed by atoms with Gasteiger partial charge in [0.2, 0.25) is 0 Å². The number of nitrogens with zero attached hydrogens (tertiary/aromatic N) is 3. The van der Waals surface area contributed by atoms with E-state index in [4.69, 9.17) is 0 Å². The molecule has 2 heterocycles. The predicted octanol–water partition coefficient (Wildman–Crippen LogP) is 2.12. The fourth-order valence-corrected chi connectivity index (χ4v) is 2.33. The van der Waals surface area contributed by atoms with E-state index in [-0.39, 0.29) is 0 Å². The molecular weight excluding hydrogens is 238 g/mol. The van der Waals surface area contributed by atoms with Gasteiger partial charge in [-0.05, 0) is 13.8 Å². The quantitative estimate of drug-likeness (QED) is 0.784. The number of rotatable bonds is 3. The molecule has 0 saturated heterocycles. The molecule has 0 N–H and O–H groups in total. The van der Waals surface area contributed by atoms with Gasteiger partial charge in [-0.1, -0.05) is 0 Å². The zero-order valence-corrected chi connectivity index (χ0v) is 10.7. The number of ether oxygens (including phenoxy) is 1. The number of hydrogen-bond acceptors (Lipinski definition) is 5. The number of aromatic nitrogens is 3. The highest BCUT2D eigenvalue weighted by Crippen LogP contribution is 2.27. The van der Waals surface area contributed by atoms with Crippen LogP contribution in [0.1, 0.15) is 22.3 Å². The summed E-state index contributed by atoms with van der Waals surface area (Å²) in [7, 11) is 1.36. The second-order valence-electron chi connectivity index (χ2n) is 3.50. The van der Waals surface area contributed by atoms with Crippen LogP contribution in [-0.2, 0) is 11.3 Å². The summed E-state index contributed by atoms with van der Waals surface area (Å²) in [6.45, 7) is 4.69. The van der Waals surface area contributed by atoms with Gasteiger partial charge in [0.15, 0.2) is 5.69 Å². The highest BCUT2D eigenvalue weighted by atomic mass is 32.1. The summed E-state index contributed by atoms with van der Waals surface area (Å²) in [5.41, 5.74) is 1.31. The number of hydrogen-bond donors (Lipinski definition) is 0. The first kappa shape index (κ1) is 11.8. The smallest absolute Gasteiger partial charge is 0.357 e. The van der Waals surface area contributed by atoms with E-state index in [2.05, 4.69) is 14.8 Å². The number of thiazole rings is 1. The van der Waals surface area contributed by atoms with Crippen LogP contribution in [0.2, 0.25) is 0 Å². The van der Waals surface area contributed by atoms with Crippen LogP contribution < -0.4 is 0 Å². The van der Waals surface area contributed by atoms with E-state index in [9.17, 15) is 4.79 Å². The van der Waals surface area contributed by atoms with E-state index >= 15 is 0 Å². The van der Waals surface area contributed by atoms with Crippen LogP contribution in [0.4, 0.5) is 0 Å². The molecule has 0 aliphatic heterocycles. The molecule has 0 spiro atoms. The molecule has 0 radical (unpaired) electrons. The van der Waals surface area contributed by atoms with Crippen LogP contribution in [0.5, 0.6) is 0 Å². The van der Waals surface area contributed by atoms with E-state index in [1.54, 1.807) is 6.20 Å². The molecule has 0 unspecified atom stereocenters. The van der Waals surface area contributed by atoms with Crippen molar-refractivity contribution in [2.24, 2.45) is 0 Å². The molecule has 0 aliphatic carbocycles. The fourth-order valence-electron chi connectivity index (χ4n) is 1.45. The van der Waals surface area contributed by atoms with Crippen molar-refractivity contribution < 1.29 is 9.53 Å². The van der Waals surface area contributed by atoms with Gasteiger partial charge in [-0.2, -0.15) is 5.10 Å².